The normalized spacial score (nSPS) is 13.5. The van der Waals surface area contributed by atoms with Gasteiger partial charge in [-0.1, -0.05) is 20.8 Å². The summed E-state index contributed by atoms with van der Waals surface area (Å²) in [7, 11) is 1.56. The van der Waals surface area contributed by atoms with E-state index < -0.39 is 5.92 Å². The molecule has 2 aromatic heterocycles. The molecule has 2 heterocycles. The van der Waals surface area contributed by atoms with Gasteiger partial charge in [-0.25, -0.2) is 9.97 Å². The second kappa shape index (κ2) is 9.03. The molecule has 1 unspecified atom stereocenters. The van der Waals surface area contributed by atoms with E-state index in [1.807, 2.05) is 19.9 Å². The molecule has 0 aliphatic carbocycles. The van der Waals surface area contributed by atoms with Gasteiger partial charge >= 0.3 is 0 Å². The Morgan fingerprint density at radius 3 is 2.58 bits per heavy atom. The van der Waals surface area contributed by atoms with Gasteiger partial charge in [-0.15, -0.1) is 11.3 Å². The number of hydrogen-bond donors (Lipinski definition) is 0. The average molecular weight is 375 g/mol. The maximum atomic E-state index is 12.9. The maximum absolute atomic E-state index is 12.9. The van der Waals surface area contributed by atoms with Gasteiger partial charge in [0.25, 0.3) is 0 Å². The van der Waals surface area contributed by atoms with Crippen molar-refractivity contribution >= 4 is 23.4 Å². The lowest BCUT2D eigenvalue weighted by atomic mass is 9.84. The Bertz CT molecular complexity index is 753. The number of hydrogen-bond acceptors (Lipinski definition) is 6. The number of nitrogens with zero attached hydrogens (tertiary/aromatic N) is 2. The maximum Gasteiger partial charge on any atom is 0.212 e. The Morgan fingerprint density at radius 1 is 1.35 bits per heavy atom. The fourth-order valence-electron chi connectivity index (χ4n) is 3.02. The lowest BCUT2D eigenvalue weighted by Crippen LogP contribution is -2.25. The molecule has 0 radical (unpaired) electrons. The fraction of sp³-hybridized carbons (Fsp3) is 0.500. The first-order valence-electron chi connectivity index (χ1n) is 8.87. The van der Waals surface area contributed by atoms with E-state index in [0.29, 0.717) is 17.5 Å². The molecule has 0 saturated carbocycles. The summed E-state index contributed by atoms with van der Waals surface area (Å²) in [6.07, 6.45) is 3.95. The number of ether oxygens (including phenoxy) is 1. The van der Waals surface area contributed by atoms with E-state index in [0.717, 1.165) is 34.6 Å². The summed E-state index contributed by atoms with van der Waals surface area (Å²) in [4.78, 5) is 34.4. The average Bonchev–Trinajstić information content (AvgIpc) is 3.01. The first-order valence-corrected chi connectivity index (χ1v) is 9.69. The van der Waals surface area contributed by atoms with E-state index in [9.17, 15) is 9.59 Å². The quantitative estimate of drug-likeness (QED) is 0.479. The molecule has 0 bridgehead atoms. The molecule has 0 aliphatic rings. The third-order valence-electron chi connectivity index (χ3n) is 4.41. The van der Waals surface area contributed by atoms with Crippen LogP contribution in [0.4, 0.5) is 0 Å². The topological polar surface area (TPSA) is 69.2 Å². The van der Waals surface area contributed by atoms with Crippen molar-refractivity contribution in [3.8, 4) is 16.5 Å². The summed E-state index contributed by atoms with van der Waals surface area (Å²) < 4.78 is 5.07. The van der Waals surface area contributed by atoms with Crippen LogP contribution in [0.5, 0.6) is 5.88 Å². The van der Waals surface area contributed by atoms with Gasteiger partial charge in [0.2, 0.25) is 5.88 Å². The number of Topliss-reactive ketones (excluding diaryl/α,β-unsaturated/α-hetero) is 1. The standard InChI is InChI=1S/C20H26N2O3S/c1-6-14(9-12(2)3)19(24)16(11-23)18-13(4)26-20(22-18)15-7-8-17(25-5)21-10-15/h7-8,10-12,14,16H,6,9H2,1-5H3/t14-,16?/m1/s1. The van der Waals surface area contributed by atoms with E-state index in [1.54, 1.807) is 19.4 Å². The Kier molecular flexibility index (Phi) is 7.03. The van der Waals surface area contributed by atoms with Gasteiger partial charge in [0, 0.05) is 28.6 Å². The van der Waals surface area contributed by atoms with Crippen molar-refractivity contribution in [2.45, 2.75) is 46.5 Å². The molecule has 5 nitrogen and oxygen atoms in total. The van der Waals surface area contributed by atoms with Crippen LogP contribution in [0.15, 0.2) is 18.3 Å². The van der Waals surface area contributed by atoms with E-state index in [2.05, 4.69) is 23.8 Å². The lowest BCUT2D eigenvalue weighted by molar-refractivity contribution is -0.128. The van der Waals surface area contributed by atoms with E-state index in [4.69, 9.17) is 4.74 Å². The van der Waals surface area contributed by atoms with Crippen molar-refractivity contribution in [1.82, 2.24) is 9.97 Å². The zero-order valence-corrected chi connectivity index (χ0v) is 16.8. The Labute approximate surface area is 158 Å². The van der Waals surface area contributed by atoms with Crippen LogP contribution in [0.1, 0.15) is 50.1 Å². The van der Waals surface area contributed by atoms with Crippen LogP contribution >= 0.6 is 11.3 Å². The van der Waals surface area contributed by atoms with E-state index in [1.165, 1.54) is 11.3 Å². The molecule has 2 aromatic rings. The molecule has 0 fully saturated rings. The molecule has 2 atom stereocenters. The number of rotatable bonds is 9. The van der Waals surface area contributed by atoms with Crippen LogP contribution in [0.25, 0.3) is 10.6 Å². The molecule has 140 valence electrons. The summed E-state index contributed by atoms with van der Waals surface area (Å²) in [6, 6.07) is 3.64. The van der Waals surface area contributed by atoms with Crippen LogP contribution in [0, 0.1) is 18.8 Å². The van der Waals surface area contributed by atoms with Crippen LogP contribution in [0.2, 0.25) is 0 Å². The number of aryl methyl sites for hydroxylation is 1. The number of aldehydes is 1. The number of ketones is 1. The van der Waals surface area contributed by atoms with Gasteiger partial charge < -0.3 is 9.53 Å². The molecule has 2 rings (SSSR count). The molecule has 6 heteroatoms. The second-order valence-electron chi connectivity index (χ2n) is 6.80. The van der Waals surface area contributed by atoms with Gasteiger partial charge in [0.1, 0.15) is 17.2 Å². The van der Waals surface area contributed by atoms with Gasteiger partial charge in [0.15, 0.2) is 5.78 Å². The Balaban J connectivity index is 2.32. The lowest BCUT2D eigenvalue weighted by Gasteiger charge is -2.19. The van der Waals surface area contributed by atoms with Crippen molar-refractivity contribution in [1.29, 1.82) is 0 Å². The number of thiazole rings is 1. The van der Waals surface area contributed by atoms with Crippen molar-refractivity contribution in [2.75, 3.05) is 7.11 Å². The molecular weight excluding hydrogens is 348 g/mol. The number of carbonyl (C=O) groups is 2. The van der Waals surface area contributed by atoms with Crippen LogP contribution in [0.3, 0.4) is 0 Å². The predicted octanol–water partition coefficient (Wildman–Crippen LogP) is 4.45. The number of pyridine rings is 1. The summed E-state index contributed by atoms with van der Waals surface area (Å²) in [5.41, 5.74) is 1.42. The largest absolute Gasteiger partial charge is 0.481 e. The number of carbonyl (C=O) groups excluding carboxylic acids is 2. The second-order valence-corrected chi connectivity index (χ2v) is 8.00. The molecule has 0 amide bonds. The molecule has 0 spiro atoms. The smallest absolute Gasteiger partial charge is 0.212 e. The highest BCUT2D eigenvalue weighted by Crippen LogP contribution is 2.33. The first-order chi connectivity index (χ1) is 12.4. The first kappa shape index (κ1) is 20.2. The van der Waals surface area contributed by atoms with Crippen molar-refractivity contribution in [3.63, 3.8) is 0 Å². The molecule has 0 aliphatic heterocycles. The van der Waals surface area contributed by atoms with Crippen LogP contribution in [-0.4, -0.2) is 29.1 Å². The minimum Gasteiger partial charge on any atom is -0.481 e. The highest BCUT2D eigenvalue weighted by Gasteiger charge is 2.30. The van der Waals surface area contributed by atoms with E-state index in [-0.39, 0.29) is 11.7 Å². The minimum absolute atomic E-state index is 0.0241. The van der Waals surface area contributed by atoms with Crippen LogP contribution in [-0.2, 0) is 9.59 Å². The molecule has 0 saturated heterocycles. The molecule has 0 N–H and O–H groups in total. The zero-order valence-electron chi connectivity index (χ0n) is 16.0. The fourth-order valence-corrected chi connectivity index (χ4v) is 3.97. The summed E-state index contributed by atoms with van der Waals surface area (Å²) >= 11 is 1.47. The monoisotopic (exact) mass is 374 g/mol. The van der Waals surface area contributed by atoms with Gasteiger partial charge in [0.05, 0.1) is 12.8 Å². The number of aromatic nitrogens is 2. The third-order valence-corrected chi connectivity index (χ3v) is 5.45. The molecule has 0 aromatic carbocycles. The summed E-state index contributed by atoms with van der Waals surface area (Å²) in [5, 5.41) is 0.754. The highest BCUT2D eigenvalue weighted by atomic mass is 32.1. The van der Waals surface area contributed by atoms with Crippen LogP contribution < -0.4 is 4.74 Å². The number of methoxy groups -OCH3 is 1. The Morgan fingerprint density at radius 2 is 2.08 bits per heavy atom. The van der Waals surface area contributed by atoms with Crippen molar-refractivity contribution in [3.05, 3.63) is 28.9 Å². The Hall–Kier alpha value is -2.08. The third kappa shape index (κ3) is 4.55. The minimum atomic E-state index is -0.796. The molecule has 26 heavy (non-hydrogen) atoms. The highest BCUT2D eigenvalue weighted by molar-refractivity contribution is 7.15. The summed E-state index contributed by atoms with van der Waals surface area (Å²) in [5.74, 6) is 0.00709. The van der Waals surface area contributed by atoms with Gasteiger partial charge in [-0.3, -0.25) is 4.79 Å². The van der Waals surface area contributed by atoms with Gasteiger partial charge in [-0.2, -0.15) is 0 Å². The molecular formula is C20H26N2O3S. The SMILES string of the molecule is CC[C@H](CC(C)C)C(=O)C(C=O)c1nc(-c2ccc(OC)nc2)sc1C. The van der Waals surface area contributed by atoms with Gasteiger partial charge in [-0.05, 0) is 31.7 Å². The van der Waals surface area contributed by atoms with E-state index >= 15 is 0 Å². The predicted molar refractivity (Wildman–Crippen MR) is 104 cm³/mol. The summed E-state index contributed by atoms with van der Waals surface area (Å²) in [6.45, 7) is 8.08. The van der Waals surface area contributed by atoms with Crippen molar-refractivity contribution in [2.24, 2.45) is 11.8 Å². The zero-order chi connectivity index (χ0) is 19.3. The van der Waals surface area contributed by atoms with Crippen molar-refractivity contribution < 1.29 is 14.3 Å².